The van der Waals surface area contributed by atoms with E-state index in [4.69, 9.17) is 4.43 Å². The highest BCUT2D eigenvalue weighted by Crippen LogP contribution is 2.37. The lowest BCUT2D eigenvalue weighted by Crippen LogP contribution is -2.51. The van der Waals surface area contributed by atoms with Crippen molar-refractivity contribution >= 4 is 27.4 Å². The highest BCUT2D eigenvalue weighted by molar-refractivity contribution is 7.84. The Bertz CT molecular complexity index is 517. The minimum Gasteiger partial charge on any atom is -0.413 e. The Labute approximate surface area is 161 Å². The summed E-state index contributed by atoms with van der Waals surface area (Å²) in [6, 6.07) is -0.0296. The van der Waals surface area contributed by atoms with Crippen molar-refractivity contribution in [3.63, 3.8) is 0 Å². The van der Waals surface area contributed by atoms with E-state index in [9.17, 15) is 4.21 Å². The summed E-state index contributed by atoms with van der Waals surface area (Å²) in [5.74, 6) is 3.34. The quantitative estimate of drug-likeness (QED) is 0.495. The predicted octanol–water partition coefficient (Wildman–Crippen LogP) is 5.09. The van der Waals surface area contributed by atoms with Gasteiger partial charge in [-0.05, 0) is 45.8 Å². The SMILES string of the molecule is C[C@H](O[Si](C)(C)C(C)(C)C)[C@@H](CC#C[Si](C)(C)C)N[S@](=O)C(C)(C)C. The monoisotopic (exact) mass is 403 g/mol. The summed E-state index contributed by atoms with van der Waals surface area (Å²) in [5, 5.41) is 0.152. The van der Waals surface area contributed by atoms with Gasteiger partial charge in [-0.1, -0.05) is 40.4 Å². The number of hydrogen-bond donors (Lipinski definition) is 1. The maximum Gasteiger partial charge on any atom is 0.192 e. The van der Waals surface area contributed by atoms with Crippen molar-refractivity contribution < 1.29 is 8.63 Å². The molecule has 0 aromatic heterocycles. The molecule has 0 saturated carbocycles. The smallest absolute Gasteiger partial charge is 0.192 e. The first-order valence-corrected chi connectivity index (χ1v) is 16.8. The Morgan fingerprint density at radius 3 is 1.88 bits per heavy atom. The molecule has 0 aliphatic carbocycles. The van der Waals surface area contributed by atoms with Gasteiger partial charge in [-0.15, -0.1) is 11.5 Å². The molecule has 3 atom stereocenters. The molecule has 0 fully saturated rings. The molecule has 0 aromatic carbocycles. The molecule has 0 spiro atoms. The molecule has 0 bridgehead atoms. The minimum absolute atomic E-state index is 0.0249. The minimum atomic E-state index is -1.88. The third-order valence-corrected chi connectivity index (χ3v) is 11.6. The summed E-state index contributed by atoms with van der Waals surface area (Å²) in [5.41, 5.74) is 3.42. The van der Waals surface area contributed by atoms with Crippen LogP contribution in [0.5, 0.6) is 0 Å². The lowest BCUT2D eigenvalue weighted by atomic mass is 10.1. The Morgan fingerprint density at radius 2 is 1.52 bits per heavy atom. The van der Waals surface area contributed by atoms with Gasteiger partial charge in [-0.25, -0.2) is 8.93 Å². The topological polar surface area (TPSA) is 38.3 Å². The summed E-state index contributed by atoms with van der Waals surface area (Å²) < 4.78 is 22.2. The Morgan fingerprint density at radius 1 is 1.04 bits per heavy atom. The van der Waals surface area contributed by atoms with Gasteiger partial charge < -0.3 is 4.43 Å². The Balaban J connectivity index is 5.35. The molecule has 0 heterocycles. The number of nitrogens with one attached hydrogen (secondary N) is 1. The van der Waals surface area contributed by atoms with E-state index in [0.717, 1.165) is 0 Å². The van der Waals surface area contributed by atoms with Crippen LogP contribution in [-0.4, -0.2) is 37.5 Å². The summed E-state index contributed by atoms with van der Waals surface area (Å²) in [4.78, 5) is 0. The van der Waals surface area contributed by atoms with E-state index in [1.165, 1.54) is 0 Å². The van der Waals surface area contributed by atoms with E-state index in [1.54, 1.807) is 0 Å². The molecular weight excluding hydrogens is 362 g/mol. The van der Waals surface area contributed by atoms with Gasteiger partial charge >= 0.3 is 0 Å². The van der Waals surface area contributed by atoms with Crippen LogP contribution in [0.2, 0.25) is 37.8 Å². The second-order valence-electron chi connectivity index (χ2n) is 10.4. The molecule has 0 aliphatic heterocycles. The van der Waals surface area contributed by atoms with Crippen LogP contribution in [-0.2, 0) is 15.4 Å². The highest BCUT2D eigenvalue weighted by atomic mass is 32.2. The first kappa shape index (κ1) is 25.1. The fraction of sp³-hybridized carbons (Fsp3) is 0.895. The average Bonchev–Trinajstić information content (AvgIpc) is 2.32. The van der Waals surface area contributed by atoms with Gasteiger partial charge in [0.25, 0.3) is 0 Å². The van der Waals surface area contributed by atoms with Gasteiger partial charge in [0.15, 0.2) is 8.32 Å². The average molecular weight is 404 g/mol. The molecule has 0 rings (SSSR count). The standard InChI is InChI=1S/C19H41NO2SSi2/c1-16(22-25(11,12)19(5,6)7)17(14-13-15-24(8,9)10)20-23(21)18(2,3)4/h16-17,20H,14H2,1-12H3/t16-,17+,23+/m0/s1. The normalized spacial score (nSPS) is 17.4. The fourth-order valence-corrected chi connectivity index (χ4v) is 4.75. The highest BCUT2D eigenvalue weighted by Gasteiger charge is 2.40. The van der Waals surface area contributed by atoms with E-state index in [0.29, 0.717) is 6.42 Å². The molecule has 0 amide bonds. The van der Waals surface area contributed by atoms with Crippen molar-refractivity contribution in [1.29, 1.82) is 0 Å². The van der Waals surface area contributed by atoms with Gasteiger partial charge in [-0.2, -0.15) is 0 Å². The molecule has 0 unspecified atom stereocenters. The third kappa shape index (κ3) is 9.53. The van der Waals surface area contributed by atoms with Crippen molar-refractivity contribution in [2.45, 2.75) is 110 Å². The van der Waals surface area contributed by atoms with E-state index < -0.39 is 27.4 Å². The zero-order chi connectivity index (χ0) is 20.3. The summed E-state index contributed by atoms with van der Waals surface area (Å²) in [7, 11) is -4.42. The van der Waals surface area contributed by atoms with E-state index >= 15 is 0 Å². The van der Waals surface area contributed by atoms with Crippen LogP contribution in [0.1, 0.15) is 54.9 Å². The second-order valence-corrected chi connectivity index (χ2v) is 21.9. The molecule has 0 aliphatic rings. The molecule has 3 nitrogen and oxygen atoms in total. The Hall–Kier alpha value is 0.0638. The molecule has 6 heteroatoms. The molecule has 1 N–H and O–H groups in total. The zero-order valence-corrected chi connectivity index (χ0v) is 21.4. The van der Waals surface area contributed by atoms with Crippen LogP contribution in [0, 0.1) is 11.5 Å². The summed E-state index contributed by atoms with van der Waals surface area (Å²) in [6.07, 6.45) is 0.644. The van der Waals surface area contributed by atoms with Gasteiger partial charge in [0.1, 0.15) is 8.07 Å². The van der Waals surface area contributed by atoms with Crippen molar-refractivity contribution in [2.24, 2.45) is 0 Å². The first-order chi connectivity index (χ1) is 10.9. The van der Waals surface area contributed by atoms with E-state index in [-0.39, 0.29) is 21.9 Å². The molecule has 148 valence electrons. The molecule has 0 aromatic rings. The van der Waals surface area contributed by atoms with Crippen LogP contribution < -0.4 is 4.72 Å². The summed E-state index contributed by atoms with van der Waals surface area (Å²) in [6.45, 7) is 26.0. The van der Waals surface area contributed by atoms with Crippen LogP contribution in [0.3, 0.4) is 0 Å². The van der Waals surface area contributed by atoms with Gasteiger partial charge in [-0.3, -0.25) is 0 Å². The first-order valence-electron chi connectivity index (χ1n) is 9.23. The van der Waals surface area contributed by atoms with Crippen LogP contribution in [0.25, 0.3) is 0 Å². The predicted molar refractivity (Wildman–Crippen MR) is 118 cm³/mol. The molecular formula is C19H41NO2SSi2. The van der Waals surface area contributed by atoms with Crippen molar-refractivity contribution in [1.82, 2.24) is 4.72 Å². The van der Waals surface area contributed by atoms with E-state index in [1.807, 2.05) is 20.8 Å². The maximum absolute atomic E-state index is 12.6. The summed E-state index contributed by atoms with van der Waals surface area (Å²) >= 11 is 0. The zero-order valence-electron chi connectivity index (χ0n) is 18.6. The number of rotatable bonds is 6. The lowest BCUT2D eigenvalue weighted by molar-refractivity contribution is 0.164. The Kier molecular flexibility index (Phi) is 8.86. The van der Waals surface area contributed by atoms with Crippen LogP contribution >= 0.6 is 0 Å². The number of hydrogen-bond acceptors (Lipinski definition) is 2. The largest absolute Gasteiger partial charge is 0.413 e. The van der Waals surface area contributed by atoms with Crippen LogP contribution in [0.15, 0.2) is 0 Å². The fourth-order valence-electron chi connectivity index (χ4n) is 1.77. The van der Waals surface area contributed by atoms with Crippen LogP contribution in [0.4, 0.5) is 0 Å². The van der Waals surface area contributed by atoms with Crippen molar-refractivity contribution in [3.05, 3.63) is 0 Å². The van der Waals surface area contributed by atoms with Gasteiger partial charge in [0, 0.05) is 6.42 Å². The molecule has 0 saturated heterocycles. The van der Waals surface area contributed by atoms with Crippen molar-refractivity contribution in [2.75, 3.05) is 0 Å². The lowest BCUT2D eigenvalue weighted by Gasteiger charge is -2.40. The molecule has 0 radical (unpaired) electrons. The van der Waals surface area contributed by atoms with Gasteiger partial charge in [0.2, 0.25) is 0 Å². The molecule has 25 heavy (non-hydrogen) atoms. The third-order valence-electron chi connectivity index (χ3n) is 4.45. The second kappa shape index (κ2) is 8.83. The van der Waals surface area contributed by atoms with E-state index in [2.05, 4.69) is 76.6 Å². The van der Waals surface area contributed by atoms with Crippen molar-refractivity contribution in [3.8, 4) is 11.5 Å². The maximum atomic E-state index is 12.6. The van der Waals surface area contributed by atoms with Gasteiger partial charge in [0.05, 0.1) is 27.9 Å².